The van der Waals surface area contributed by atoms with E-state index in [9.17, 15) is 14.4 Å². The van der Waals surface area contributed by atoms with Crippen LogP contribution in [-0.2, 0) is 9.59 Å². The molecule has 1 aromatic carbocycles. The highest BCUT2D eigenvalue weighted by atomic mass is 16.2. The summed E-state index contributed by atoms with van der Waals surface area (Å²) in [5.74, 6) is -0.0487. The Kier molecular flexibility index (Phi) is 5.06. The van der Waals surface area contributed by atoms with Crippen molar-refractivity contribution in [3.8, 4) is 0 Å². The molecule has 2 aliphatic rings. The lowest BCUT2D eigenvalue weighted by molar-refractivity contribution is -0.134. The van der Waals surface area contributed by atoms with E-state index in [2.05, 4.69) is 5.32 Å². The van der Waals surface area contributed by atoms with Crippen LogP contribution in [0.4, 0.5) is 0 Å². The molecule has 2 saturated heterocycles. The number of nitrogens with zero attached hydrogens (tertiary/aromatic N) is 2. The minimum Gasteiger partial charge on any atom is -0.344 e. The Morgan fingerprint density at radius 1 is 1.08 bits per heavy atom. The average molecular weight is 343 g/mol. The second-order valence-electron chi connectivity index (χ2n) is 6.95. The van der Waals surface area contributed by atoms with Crippen LogP contribution in [0.2, 0.25) is 0 Å². The second kappa shape index (κ2) is 7.25. The molecule has 0 radical (unpaired) electrons. The van der Waals surface area contributed by atoms with Gasteiger partial charge in [-0.3, -0.25) is 14.4 Å². The van der Waals surface area contributed by atoms with Crippen molar-refractivity contribution in [3.63, 3.8) is 0 Å². The largest absolute Gasteiger partial charge is 0.344 e. The van der Waals surface area contributed by atoms with Crippen LogP contribution in [0, 0.1) is 13.8 Å². The third kappa shape index (κ3) is 3.83. The van der Waals surface area contributed by atoms with E-state index in [1.54, 1.807) is 4.90 Å². The highest BCUT2D eigenvalue weighted by Crippen LogP contribution is 2.16. The summed E-state index contributed by atoms with van der Waals surface area (Å²) in [5.41, 5.74) is 2.85. The van der Waals surface area contributed by atoms with Gasteiger partial charge < -0.3 is 15.1 Å². The Morgan fingerprint density at radius 2 is 1.80 bits per heavy atom. The number of rotatable bonds is 2. The lowest BCUT2D eigenvalue weighted by atomic mass is 10.0. The predicted molar refractivity (Wildman–Crippen MR) is 94.2 cm³/mol. The summed E-state index contributed by atoms with van der Waals surface area (Å²) in [6, 6.07) is 5.46. The standard InChI is InChI=1S/C19H25N3O3/c1-13-4-5-15(14(2)12-13)18(24)21-8-3-9-22(11-10-21)19(25)16-6-7-17(23)20-16/h4-5,12,16H,3,6-11H2,1-2H3,(H,20,23). The fourth-order valence-electron chi connectivity index (χ4n) is 3.58. The molecule has 25 heavy (non-hydrogen) atoms. The molecule has 0 spiro atoms. The number of benzene rings is 1. The molecule has 0 aliphatic carbocycles. The number of hydrogen-bond donors (Lipinski definition) is 1. The highest BCUT2D eigenvalue weighted by Gasteiger charge is 2.32. The van der Waals surface area contributed by atoms with Gasteiger partial charge in [0.15, 0.2) is 0 Å². The molecule has 2 heterocycles. The van der Waals surface area contributed by atoms with E-state index in [-0.39, 0.29) is 17.7 Å². The van der Waals surface area contributed by atoms with E-state index >= 15 is 0 Å². The molecule has 0 saturated carbocycles. The fourth-order valence-corrected chi connectivity index (χ4v) is 3.58. The molecular formula is C19H25N3O3. The molecule has 6 nitrogen and oxygen atoms in total. The Balaban J connectivity index is 1.64. The smallest absolute Gasteiger partial charge is 0.254 e. The summed E-state index contributed by atoms with van der Waals surface area (Å²) < 4.78 is 0. The van der Waals surface area contributed by atoms with Gasteiger partial charge in [0, 0.05) is 38.2 Å². The summed E-state index contributed by atoms with van der Waals surface area (Å²) >= 11 is 0. The molecule has 134 valence electrons. The molecule has 1 aromatic rings. The van der Waals surface area contributed by atoms with Gasteiger partial charge in [-0.05, 0) is 38.3 Å². The Hall–Kier alpha value is -2.37. The molecule has 6 heteroatoms. The van der Waals surface area contributed by atoms with E-state index in [4.69, 9.17) is 0 Å². The quantitative estimate of drug-likeness (QED) is 0.879. The zero-order valence-electron chi connectivity index (χ0n) is 14.9. The van der Waals surface area contributed by atoms with Gasteiger partial charge in [-0.2, -0.15) is 0 Å². The van der Waals surface area contributed by atoms with Crippen molar-refractivity contribution in [1.82, 2.24) is 15.1 Å². The van der Waals surface area contributed by atoms with Crippen molar-refractivity contribution in [1.29, 1.82) is 0 Å². The van der Waals surface area contributed by atoms with Gasteiger partial charge in [0.1, 0.15) is 6.04 Å². The minimum absolute atomic E-state index is 0.0216. The first kappa shape index (κ1) is 17.5. The van der Waals surface area contributed by atoms with Gasteiger partial charge in [-0.15, -0.1) is 0 Å². The second-order valence-corrected chi connectivity index (χ2v) is 6.95. The van der Waals surface area contributed by atoms with Crippen LogP contribution in [0.5, 0.6) is 0 Å². The average Bonchev–Trinajstić information content (AvgIpc) is 2.86. The van der Waals surface area contributed by atoms with E-state index in [1.807, 2.05) is 36.9 Å². The number of aryl methyl sites for hydroxylation is 2. The maximum atomic E-state index is 12.8. The number of amides is 3. The lowest BCUT2D eigenvalue weighted by Crippen LogP contribution is -2.46. The highest BCUT2D eigenvalue weighted by molar-refractivity contribution is 5.96. The van der Waals surface area contributed by atoms with Gasteiger partial charge in [-0.25, -0.2) is 0 Å². The first-order valence-corrected chi connectivity index (χ1v) is 8.90. The molecule has 1 unspecified atom stereocenters. The van der Waals surface area contributed by atoms with Crippen LogP contribution in [0.25, 0.3) is 0 Å². The van der Waals surface area contributed by atoms with Crippen LogP contribution < -0.4 is 5.32 Å². The number of hydrogen-bond acceptors (Lipinski definition) is 3. The van der Waals surface area contributed by atoms with Crippen molar-refractivity contribution < 1.29 is 14.4 Å². The maximum Gasteiger partial charge on any atom is 0.254 e. The van der Waals surface area contributed by atoms with Crippen molar-refractivity contribution in [2.24, 2.45) is 0 Å². The predicted octanol–water partition coefficient (Wildman–Crippen LogP) is 1.26. The molecule has 2 aliphatic heterocycles. The third-order valence-corrected chi connectivity index (χ3v) is 5.00. The van der Waals surface area contributed by atoms with Crippen LogP contribution in [0.3, 0.4) is 0 Å². The summed E-state index contributed by atoms with van der Waals surface area (Å²) in [7, 11) is 0. The Morgan fingerprint density at radius 3 is 2.48 bits per heavy atom. The van der Waals surface area contributed by atoms with Crippen molar-refractivity contribution >= 4 is 17.7 Å². The van der Waals surface area contributed by atoms with Crippen LogP contribution in [0.15, 0.2) is 18.2 Å². The number of nitrogens with one attached hydrogen (secondary N) is 1. The molecule has 0 bridgehead atoms. The Labute approximate surface area is 148 Å². The topological polar surface area (TPSA) is 69.7 Å². The molecule has 1 atom stereocenters. The molecule has 2 fully saturated rings. The van der Waals surface area contributed by atoms with Crippen LogP contribution in [-0.4, -0.2) is 59.7 Å². The van der Waals surface area contributed by atoms with Gasteiger partial charge in [0.25, 0.3) is 5.91 Å². The summed E-state index contributed by atoms with van der Waals surface area (Å²) in [6.07, 6.45) is 1.74. The van der Waals surface area contributed by atoms with E-state index in [0.29, 0.717) is 39.0 Å². The van der Waals surface area contributed by atoms with E-state index in [1.165, 1.54) is 0 Å². The Bertz CT molecular complexity index is 701. The zero-order valence-corrected chi connectivity index (χ0v) is 14.9. The monoisotopic (exact) mass is 343 g/mol. The minimum atomic E-state index is -0.394. The molecule has 3 amide bonds. The lowest BCUT2D eigenvalue weighted by Gasteiger charge is -2.24. The molecule has 1 N–H and O–H groups in total. The van der Waals surface area contributed by atoms with Crippen LogP contribution in [0.1, 0.15) is 40.7 Å². The summed E-state index contributed by atoms with van der Waals surface area (Å²) in [4.78, 5) is 40.3. The number of carbonyl (C=O) groups is 3. The first-order chi connectivity index (χ1) is 12.0. The van der Waals surface area contributed by atoms with Crippen molar-refractivity contribution in [3.05, 3.63) is 34.9 Å². The molecule has 0 aromatic heterocycles. The fraction of sp³-hybridized carbons (Fsp3) is 0.526. The summed E-state index contributed by atoms with van der Waals surface area (Å²) in [6.45, 7) is 6.28. The maximum absolute atomic E-state index is 12.8. The third-order valence-electron chi connectivity index (χ3n) is 5.00. The van der Waals surface area contributed by atoms with E-state index in [0.717, 1.165) is 23.1 Å². The van der Waals surface area contributed by atoms with Gasteiger partial charge in [0.2, 0.25) is 11.8 Å². The van der Waals surface area contributed by atoms with E-state index < -0.39 is 6.04 Å². The van der Waals surface area contributed by atoms with Gasteiger partial charge in [-0.1, -0.05) is 17.7 Å². The van der Waals surface area contributed by atoms with Crippen molar-refractivity contribution in [2.75, 3.05) is 26.2 Å². The molecular weight excluding hydrogens is 318 g/mol. The van der Waals surface area contributed by atoms with Gasteiger partial charge >= 0.3 is 0 Å². The van der Waals surface area contributed by atoms with Gasteiger partial charge in [0.05, 0.1) is 0 Å². The van der Waals surface area contributed by atoms with Crippen LogP contribution >= 0.6 is 0 Å². The normalized spacial score (nSPS) is 21.0. The zero-order chi connectivity index (χ0) is 18.0. The molecule has 3 rings (SSSR count). The first-order valence-electron chi connectivity index (χ1n) is 8.90. The number of carbonyl (C=O) groups excluding carboxylic acids is 3. The van der Waals surface area contributed by atoms with Crippen molar-refractivity contribution in [2.45, 2.75) is 39.2 Å². The SMILES string of the molecule is Cc1ccc(C(=O)N2CCCN(C(=O)C3CCC(=O)N3)CC2)c(C)c1. The summed E-state index contributed by atoms with van der Waals surface area (Å²) in [5, 5.41) is 2.73.